The molecule has 2 rings (SSSR count). The van der Waals surface area contributed by atoms with Crippen molar-refractivity contribution in [1.82, 2.24) is 0 Å². The second-order valence-corrected chi connectivity index (χ2v) is 7.76. The van der Waals surface area contributed by atoms with Crippen LogP contribution >= 0.6 is 0 Å². The van der Waals surface area contributed by atoms with Crippen molar-refractivity contribution in [2.75, 3.05) is 0 Å². The van der Waals surface area contributed by atoms with Gasteiger partial charge in [-0.15, -0.1) is 0 Å². The highest BCUT2D eigenvalue weighted by Crippen LogP contribution is 2.15. The van der Waals surface area contributed by atoms with E-state index in [1.807, 2.05) is 57.2 Å². The molecule has 0 aliphatic heterocycles. The predicted octanol–water partition coefficient (Wildman–Crippen LogP) is 3.20. The summed E-state index contributed by atoms with van der Waals surface area (Å²) in [4.78, 5) is 32.5. The first-order valence-corrected chi connectivity index (χ1v) is 10.8. The number of benzene rings is 2. The van der Waals surface area contributed by atoms with Gasteiger partial charge in [-0.05, 0) is 72.2 Å². The zero-order valence-electron chi connectivity index (χ0n) is 21.2. The van der Waals surface area contributed by atoms with Gasteiger partial charge in [0.2, 0.25) is 0 Å². The maximum absolute atomic E-state index is 9.16. The Balaban J connectivity index is -0.000000417. The predicted molar refractivity (Wildman–Crippen MR) is 128 cm³/mol. The van der Waals surface area contributed by atoms with E-state index in [-0.39, 0.29) is 36.7 Å². The fraction of sp³-hybridized carbons (Fsp3) is 0.462. The number of aromatic hydroxyl groups is 1. The largest absolute Gasteiger partial charge is 0.508 e. The molecule has 0 radical (unpaired) electrons. The minimum Gasteiger partial charge on any atom is -0.508 e. The van der Waals surface area contributed by atoms with Gasteiger partial charge in [-0.3, -0.25) is 0 Å². The minimum atomic E-state index is -0.375. The highest BCUT2D eigenvalue weighted by atomic mass is 16.5. The normalized spacial score (nSPS) is 12.3. The summed E-state index contributed by atoms with van der Waals surface area (Å²) in [6.45, 7) is 11.1. The number of aliphatic hydroxyl groups excluding tert-OH is 3. The molecule has 0 amide bonds. The van der Waals surface area contributed by atoms with Gasteiger partial charge in [-0.2, -0.15) is 19.2 Å². The average molecular weight is 495 g/mol. The van der Waals surface area contributed by atoms with Crippen LogP contribution in [0.3, 0.4) is 0 Å². The summed E-state index contributed by atoms with van der Waals surface area (Å²) < 4.78 is 5.62. The van der Waals surface area contributed by atoms with Crippen LogP contribution in [0.25, 0.3) is 0 Å². The molecule has 0 unspecified atom stereocenters. The van der Waals surface area contributed by atoms with E-state index >= 15 is 0 Å². The molecular weight excluding hydrogens is 456 g/mol. The third kappa shape index (κ3) is 30.7. The molecule has 0 saturated heterocycles. The van der Waals surface area contributed by atoms with Gasteiger partial charge in [0.1, 0.15) is 11.5 Å². The Morgan fingerprint density at radius 3 is 1.23 bits per heavy atom. The first-order valence-electron chi connectivity index (χ1n) is 10.8. The molecule has 0 aromatic heterocycles. The third-order valence-electron chi connectivity index (χ3n) is 3.75. The monoisotopic (exact) mass is 494 g/mol. The number of hydrogen-bond acceptors (Lipinski definition) is 9. The van der Waals surface area contributed by atoms with E-state index in [1.165, 1.54) is 11.1 Å². The standard InChI is InChI=1S/C12H18O2.C7H8O.C5H12O2.2CO2/c1-9-4-6-12(7-5-9)14-11(3)8-10(2)13;1-6-2-4-7(8)5-3-6;1-4(6)3-5(2)7;2*2-1-3/h4-7,10-11,13H,8H2,1-3H3;2-5,8H,1H3;4-7H,3H2,1-2H3;;/t10-,11+;;4-,5-;;/m1.1../s1. The molecule has 9 nitrogen and oxygen atoms in total. The van der Waals surface area contributed by atoms with Crippen LogP contribution in [0.1, 0.15) is 51.7 Å². The molecule has 0 spiro atoms. The first kappa shape index (κ1) is 36.3. The van der Waals surface area contributed by atoms with Gasteiger partial charge in [0.05, 0.1) is 24.4 Å². The van der Waals surface area contributed by atoms with Crippen molar-refractivity contribution in [3.05, 3.63) is 59.7 Å². The van der Waals surface area contributed by atoms with Crippen molar-refractivity contribution < 1.29 is 44.3 Å². The Hall–Kier alpha value is -3.32. The van der Waals surface area contributed by atoms with Gasteiger partial charge in [-0.1, -0.05) is 35.4 Å². The molecule has 0 aliphatic rings. The fourth-order valence-electron chi connectivity index (χ4n) is 2.42. The lowest BCUT2D eigenvalue weighted by Crippen LogP contribution is -2.18. The van der Waals surface area contributed by atoms with E-state index in [0.717, 1.165) is 5.75 Å². The lowest BCUT2D eigenvalue weighted by Gasteiger charge is -2.16. The number of ether oxygens (including phenoxy) is 1. The first-order chi connectivity index (χ1) is 16.3. The number of rotatable bonds is 6. The zero-order chi connectivity index (χ0) is 27.8. The number of hydrogen-bond donors (Lipinski definition) is 4. The molecule has 2 aromatic carbocycles. The van der Waals surface area contributed by atoms with Gasteiger partial charge < -0.3 is 25.2 Å². The Morgan fingerprint density at radius 2 is 0.971 bits per heavy atom. The quantitative estimate of drug-likeness (QED) is 0.473. The van der Waals surface area contributed by atoms with E-state index < -0.39 is 0 Å². The lowest BCUT2D eigenvalue weighted by molar-refractivity contribution is -0.193. The van der Waals surface area contributed by atoms with Crippen LogP contribution in [0, 0.1) is 13.8 Å². The SMILES string of the molecule is C[C@@H](O)C[C@@H](C)O.Cc1ccc(O)cc1.Cc1ccc(O[C@@H](C)C[C@@H](C)O)cc1.O=C=O.O=C=O. The summed E-state index contributed by atoms with van der Waals surface area (Å²) >= 11 is 0. The molecule has 2 aromatic rings. The van der Waals surface area contributed by atoms with E-state index in [9.17, 15) is 0 Å². The van der Waals surface area contributed by atoms with Gasteiger partial charge in [0.25, 0.3) is 0 Å². The molecule has 0 heterocycles. The number of carbonyl (C=O) groups excluding carboxylic acids is 4. The third-order valence-corrected chi connectivity index (χ3v) is 3.75. The molecule has 4 atom stereocenters. The van der Waals surface area contributed by atoms with Crippen LogP contribution in [0.4, 0.5) is 0 Å². The van der Waals surface area contributed by atoms with Crippen molar-refractivity contribution in [2.45, 2.75) is 78.8 Å². The maximum atomic E-state index is 9.16. The topological polar surface area (TPSA) is 158 Å². The maximum Gasteiger partial charge on any atom is 0.373 e. The molecule has 0 saturated carbocycles. The number of phenolic OH excluding ortho intramolecular Hbond substituents is 1. The van der Waals surface area contributed by atoms with Crippen LogP contribution in [0.2, 0.25) is 0 Å². The fourth-order valence-corrected chi connectivity index (χ4v) is 2.42. The van der Waals surface area contributed by atoms with E-state index in [0.29, 0.717) is 18.6 Å². The minimum absolute atomic E-state index is 0.0534. The molecule has 0 aliphatic carbocycles. The Morgan fingerprint density at radius 1 is 0.657 bits per heavy atom. The molecule has 9 heteroatoms. The van der Waals surface area contributed by atoms with Gasteiger partial charge >= 0.3 is 12.3 Å². The van der Waals surface area contributed by atoms with Crippen molar-refractivity contribution in [3.63, 3.8) is 0 Å². The summed E-state index contributed by atoms with van der Waals surface area (Å²) in [5.41, 5.74) is 2.39. The number of aliphatic hydroxyl groups is 3. The molecule has 196 valence electrons. The van der Waals surface area contributed by atoms with Crippen LogP contribution in [0.5, 0.6) is 11.5 Å². The van der Waals surface area contributed by atoms with E-state index in [4.69, 9.17) is 44.3 Å². The van der Waals surface area contributed by atoms with Crippen molar-refractivity contribution >= 4 is 12.3 Å². The highest BCUT2D eigenvalue weighted by molar-refractivity contribution is 5.26. The lowest BCUT2D eigenvalue weighted by atomic mass is 10.2. The van der Waals surface area contributed by atoms with E-state index in [1.54, 1.807) is 32.9 Å². The number of phenols is 1. The Kier molecular flexibility index (Phi) is 24.7. The molecule has 4 N–H and O–H groups in total. The second-order valence-electron chi connectivity index (χ2n) is 7.76. The summed E-state index contributed by atoms with van der Waals surface area (Å²) in [6, 6.07) is 15.0. The Labute approximate surface area is 207 Å². The summed E-state index contributed by atoms with van der Waals surface area (Å²) in [5.74, 6) is 1.19. The van der Waals surface area contributed by atoms with Crippen molar-refractivity contribution in [1.29, 1.82) is 0 Å². The van der Waals surface area contributed by atoms with E-state index in [2.05, 4.69) is 0 Å². The summed E-state index contributed by atoms with van der Waals surface area (Å²) in [6.07, 6.45) is 0.626. The smallest absolute Gasteiger partial charge is 0.373 e. The average Bonchev–Trinajstić information content (AvgIpc) is 2.72. The molecule has 0 bridgehead atoms. The number of aryl methyl sites for hydroxylation is 2. The Bertz CT molecular complexity index is 763. The van der Waals surface area contributed by atoms with Gasteiger partial charge in [-0.25, -0.2) is 0 Å². The molecular formula is C26H38O9. The van der Waals surface area contributed by atoms with Crippen LogP contribution in [0.15, 0.2) is 48.5 Å². The van der Waals surface area contributed by atoms with Crippen LogP contribution in [-0.4, -0.2) is 57.1 Å². The van der Waals surface area contributed by atoms with Crippen LogP contribution < -0.4 is 4.74 Å². The second kappa shape index (κ2) is 23.8. The summed E-state index contributed by atoms with van der Waals surface area (Å²) in [5, 5.41) is 35.0. The van der Waals surface area contributed by atoms with Crippen molar-refractivity contribution in [3.8, 4) is 11.5 Å². The molecule has 35 heavy (non-hydrogen) atoms. The zero-order valence-corrected chi connectivity index (χ0v) is 21.2. The summed E-state index contributed by atoms with van der Waals surface area (Å²) in [7, 11) is 0. The van der Waals surface area contributed by atoms with Gasteiger partial charge in [0.15, 0.2) is 0 Å². The molecule has 0 fully saturated rings. The van der Waals surface area contributed by atoms with Crippen molar-refractivity contribution in [2.24, 2.45) is 0 Å². The highest BCUT2D eigenvalue weighted by Gasteiger charge is 2.07. The van der Waals surface area contributed by atoms with Crippen LogP contribution in [-0.2, 0) is 19.2 Å². The van der Waals surface area contributed by atoms with Gasteiger partial charge in [0, 0.05) is 6.42 Å².